The number of carbonyl (C=O) groups is 1. The van der Waals surface area contributed by atoms with Gasteiger partial charge in [0.1, 0.15) is 0 Å². The predicted molar refractivity (Wildman–Crippen MR) is 72.9 cm³/mol. The molecule has 5 nitrogen and oxygen atoms in total. The van der Waals surface area contributed by atoms with Crippen LogP contribution in [0.4, 0.5) is 0 Å². The molecule has 0 aliphatic carbocycles. The van der Waals surface area contributed by atoms with Gasteiger partial charge in [0.05, 0.1) is 12.0 Å². The van der Waals surface area contributed by atoms with Gasteiger partial charge in [-0.2, -0.15) is 0 Å². The first-order valence-electron chi connectivity index (χ1n) is 5.40. The number of hydrogen-bond acceptors (Lipinski definition) is 6. The van der Waals surface area contributed by atoms with E-state index in [9.17, 15) is 18.3 Å². The molecule has 1 aromatic carbocycles. The Morgan fingerprint density at radius 2 is 1.89 bits per heavy atom. The molecule has 1 N–H and O–H groups in total. The molecule has 19 heavy (non-hydrogen) atoms. The molecule has 0 aromatic heterocycles. The fraction of sp³-hybridized carbons (Fsp3) is 0.417. The molecule has 0 fully saturated rings. The van der Waals surface area contributed by atoms with Gasteiger partial charge in [0.15, 0.2) is 15.4 Å². The first-order chi connectivity index (χ1) is 8.66. The average Bonchev–Trinajstić information content (AvgIpc) is 2.35. The second-order valence-corrected chi connectivity index (χ2v) is 7.36. The average molecular weight is 304 g/mol. The first kappa shape index (κ1) is 16.0. The summed E-state index contributed by atoms with van der Waals surface area (Å²) in [5.74, 6) is -0.578. The zero-order valence-electron chi connectivity index (χ0n) is 10.9. The van der Waals surface area contributed by atoms with Gasteiger partial charge in [-0.15, -0.1) is 11.8 Å². The summed E-state index contributed by atoms with van der Waals surface area (Å²) < 4.78 is 27.0. The summed E-state index contributed by atoms with van der Waals surface area (Å²) in [6.45, 7) is 1.37. The van der Waals surface area contributed by atoms with Crippen LogP contribution in [0.25, 0.3) is 0 Å². The van der Waals surface area contributed by atoms with E-state index in [2.05, 4.69) is 4.74 Å². The van der Waals surface area contributed by atoms with E-state index in [0.29, 0.717) is 0 Å². The predicted octanol–water partition coefficient (Wildman–Crippen LogP) is 1.11. The quantitative estimate of drug-likeness (QED) is 0.648. The van der Waals surface area contributed by atoms with Crippen molar-refractivity contribution in [3.8, 4) is 0 Å². The number of esters is 1. The maximum Gasteiger partial charge on any atom is 0.338 e. The molecule has 0 bridgehead atoms. The van der Waals surface area contributed by atoms with Crippen LogP contribution in [0, 0.1) is 0 Å². The zero-order chi connectivity index (χ0) is 14.7. The van der Waals surface area contributed by atoms with E-state index >= 15 is 0 Å². The molecule has 106 valence electrons. The molecule has 0 aliphatic heterocycles. The Hall–Kier alpha value is -1.05. The van der Waals surface area contributed by atoms with Crippen LogP contribution < -0.4 is 0 Å². The van der Waals surface area contributed by atoms with Crippen molar-refractivity contribution >= 4 is 27.6 Å². The SMILES string of the molecule is COC(=O)C(C)(O)CSc1ccc(S(C)(=O)=O)cc1. The van der Waals surface area contributed by atoms with E-state index in [1.54, 1.807) is 12.1 Å². The molecule has 7 heteroatoms. The number of hydrogen-bond donors (Lipinski definition) is 1. The minimum Gasteiger partial charge on any atom is -0.467 e. The minimum absolute atomic E-state index is 0.123. The van der Waals surface area contributed by atoms with Crippen LogP contribution in [0.5, 0.6) is 0 Å². The highest BCUT2D eigenvalue weighted by Crippen LogP contribution is 2.24. The molecule has 1 rings (SSSR count). The Balaban J connectivity index is 2.72. The van der Waals surface area contributed by atoms with Gasteiger partial charge in [0, 0.05) is 16.9 Å². The van der Waals surface area contributed by atoms with Gasteiger partial charge >= 0.3 is 5.97 Å². The highest BCUT2D eigenvalue weighted by atomic mass is 32.2. The lowest BCUT2D eigenvalue weighted by molar-refractivity contribution is -0.158. The van der Waals surface area contributed by atoms with Crippen LogP contribution >= 0.6 is 11.8 Å². The monoisotopic (exact) mass is 304 g/mol. The van der Waals surface area contributed by atoms with E-state index in [4.69, 9.17) is 0 Å². The third-order valence-electron chi connectivity index (χ3n) is 2.40. The van der Waals surface area contributed by atoms with Crippen molar-refractivity contribution in [2.45, 2.75) is 22.3 Å². The number of aliphatic hydroxyl groups is 1. The van der Waals surface area contributed by atoms with Gasteiger partial charge in [-0.25, -0.2) is 13.2 Å². The van der Waals surface area contributed by atoms with Crippen LogP contribution in [-0.4, -0.2) is 44.2 Å². The lowest BCUT2D eigenvalue weighted by Crippen LogP contribution is -2.38. The Morgan fingerprint density at radius 1 is 1.37 bits per heavy atom. The Kier molecular flexibility index (Phi) is 5.00. The van der Waals surface area contributed by atoms with Gasteiger partial charge < -0.3 is 9.84 Å². The Morgan fingerprint density at radius 3 is 2.32 bits per heavy atom. The molecule has 0 saturated heterocycles. The lowest BCUT2D eigenvalue weighted by atomic mass is 10.1. The molecule has 0 heterocycles. The highest BCUT2D eigenvalue weighted by molar-refractivity contribution is 7.99. The molecule has 0 saturated carbocycles. The van der Waals surface area contributed by atoms with Crippen LogP contribution in [0.15, 0.2) is 34.1 Å². The number of benzene rings is 1. The zero-order valence-corrected chi connectivity index (χ0v) is 12.5. The van der Waals surface area contributed by atoms with Crippen molar-refractivity contribution in [1.29, 1.82) is 0 Å². The number of sulfone groups is 1. The molecular formula is C12H16O5S2. The smallest absolute Gasteiger partial charge is 0.338 e. The number of ether oxygens (including phenoxy) is 1. The van der Waals surface area contributed by atoms with Gasteiger partial charge in [-0.05, 0) is 31.2 Å². The standard InChI is InChI=1S/C12H16O5S2/c1-12(14,11(13)17-2)8-18-9-4-6-10(7-5-9)19(3,15)16/h4-7,14H,8H2,1-3H3. The van der Waals surface area contributed by atoms with Crippen LogP contribution in [0.1, 0.15) is 6.92 Å². The summed E-state index contributed by atoms with van der Waals surface area (Å²) in [6, 6.07) is 6.25. The summed E-state index contributed by atoms with van der Waals surface area (Å²) in [4.78, 5) is 12.3. The first-order valence-corrected chi connectivity index (χ1v) is 8.28. The largest absolute Gasteiger partial charge is 0.467 e. The van der Waals surface area contributed by atoms with Gasteiger partial charge in [0.2, 0.25) is 0 Å². The van der Waals surface area contributed by atoms with Crippen molar-refractivity contribution in [2.24, 2.45) is 0 Å². The molecule has 0 radical (unpaired) electrons. The summed E-state index contributed by atoms with van der Waals surface area (Å²) in [7, 11) is -2.00. The number of rotatable bonds is 5. The molecule has 0 aliphatic rings. The van der Waals surface area contributed by atoms with Crippen molar-refractivity contribution in [3.05, 3.63) is 24.3 Å². The lowest BCUT2D eigenvalue weighted by Gasteiger charge is -2.19. The van der Waals surface area contributed by atoms with E-state index in [1.807, 2.05) is 0 Å². The van der Waals surface area contributed by atoms with Gasteiger partial charge in [-0.3, -0.25) is 0 Å². The number of methoxy groups -OCH3 is 1. The summed E-state index contributed by atoms with van der Waals surface area (Å²) in [6.07, 6.45) is 1.14. The van der Waals surface area contributed by atoms with Crippen LogP contribution in [0.3, 0.4) is 0 Å². The second-order valence-electron chi connectivity index (χ2n) is 4.30. The fourth-order valence-electron chi connectivity index (χ4n) is 1.29. The summed E-state index contributed by atoms with van der Waals surface area (Å²) >= 11 is 1.24. The topological polar surface area (TPSA) is 80.7 Å². The summed E-state index contributed by atoms with van der Waals surface area (Å²) in [5.41, 5.74) is -1.57. The van der Waals surface area contributed by atoms with Crippen molar-refractivity contribution in [1.82, 2.24) is 0 Å². The third kappa shape index (κ3) is 4.52. The maximum atomic E-state index is 11.3. The van der Waals surface area contributed by atoms with Crippen molar-refractivity contribution in [3.63, 3.8) is 0 Å². The van der Waals surface area contributed by atoms with E-state index < -0.39 is 21.4 Å². The maximum absolute atomic E-state index is 11.3. The van der Waals surface area contributed by atoms with Crippen LogP contribution in [-0.2, 0) is 19.4 Å². The van der Waals surface area contributed by atoms with E-state index in [1.165, 1.54) is 37.9 Å². The van der Waals surface area contributed by atoms with Gasteiger partial charge in [0.25, 0.3) is 0 Å². The second kappa shape index (κ2) is 5.94. The molecule has 1 unspecified atom stereocenters. The van der Waals surface area contributed by atoms with E-state index in [-0.39, 0.29) is 10.6 Å². The number of thioether (sulfide) groups is 1. The van der Waals surface area contributed by atoms with Crippen molar-refractivity contribution in [2.75, 3.05) is 19.1 Å². The normalized spacial score (nSPS) is 14.7. The molecule has 1 atom stereocenters. The molecule has 1 aromatic rings. The molecular weight excluding hydrogens is 288 g/mol. The van der Waals surface area contributed by atoms with Crippen LogP contribution in [0.2, 0.25) is 0 Å². The molecule has 0 amide bonds. The Bertz CT molecular complexity index is 546. The van der Waals surface area contributed by atoms with Gasteiger partial charge in [-0.1, -0.05) is 0 Å². The van der Waals surface area contributed by atoms with E-state index in [0.717, 1.165) is 11.2 Å². The van der Waals surface area contributed by atoms with Crippen molar-refractivity contribution < 1.29 is 23.1 Å². The summed E-state index contributed by atoms with van der Waals surface area (Å²) in [5, 5.41) is 9.84. The Labute approximate surface area is 116 Å². The number of carbonyl (C=O) groups excluding carboxylic acids is 1. The molecule has 0 spiro atoms. The minimum atomic E-state index is -3.21. The fourth-order valence-corrected chi connectivity index (χ4v) is 2.81. The highest BCUT2D eigenvalue weighted by Gasteiger charge is 2.31. The third-order valence-corrected chi connectivity index (χ3v) is 4.84.